The standard InChI is InChI=1S/C28H29N9OS/c1-15(29)11-22(30)37-27-26-25(33-14-34-27)19(13-39-26)28(38)36-21-8-4-7-20(23(21)24(31)17-9-10-17)32-12-18-6-3-5-16(2)35-18/h3-8,11,13-14,17,31-32H,9-10,12,29H2,1-2H3,(H,36,38)(H2,30,33,34,37)/b15-11-,31-24?. The summed E-state index contributed by atoms with van der Waals surface area (Å²) in [7, 11) is 0. The fourth-order valence-corrected chi connectivity index (χ4v) is 5.14. The number of aliphatic imine (C=N–C) groups is 1. The van der Waals surface area contributed by atoms with Crippen LogP contribution in [0.5, 0.6) is 0 Å². The molecule has 0 spiro atoms. The lowest BCUT2D eigenvalue weighted by atomic mass is 10.0. The quantitative estimate of drug-likeness (QED) is 0.149. The van der Waals surface area contributed by atoms with Gasteiger partial charge >= 0.3 is 0 Å². The summed E-state index contributed by atoms with van der Waals surface area (Å²) in [5, 5.41) is 17.1. The van der Waals surface area contributed by atoms with Crippen LogP contribution in [0.1, 0.15) is 47.1 Å². The Labute approximate surface area is 229 Å². The van der Waals surface area contributed by atoms with Gasteiger partial charge in [-0.1, -0.05) is 12.1 Å². The van der Waals surface area contributed by atoms with Crippen LogP contribution in [0.2, 0.25) is 0 Å². The first-order chi connectivity index (χ1) is 18.8. The molecule has 7 N–H and O–H groups in total. The fourth-order valence-electron chi connectivity index (χ4n) is 4.21. The molecule has 3 aromatic heterocycles. The number of aryl methyl sites for hydroxylation is 1. The molecular weight excluding hydrogens is 510 g/mol. The summed E-state index contributed by atoms with van der Waals surface area (Å²) < 4.78 is 0.640. The molecular formula is C28H29N9OS. The smallest absolute Gasteiger partial charge is 0.258 e. The molecule has 0 radical (unpaired) electrons. The van der Waals surface area contributed by atoms with Crippen LogP contribution in [0.3, 0.4) is 0 Å². The van der Waals surface area contributed by atoms with Gasteiger partial charge in [-0.15, -0.1) is 11.3 Å². The number of aromatic nitrogens is 3. The average Bonchev–Trinajstić information content (AvgIpc) is 3.65. The van der Waals surface area contributed by atoms with Gasteiger partial charge in [0.25, 0.3) is 5.91 Å². The number of fused-ring (bicyclic) bond motifs is 1. The van der Waals surface area contributed by atoms with Gasteiger partial charge in [-0.05, 0) is 57.0 Å². The summed E-state index contributed by atoms with van der Waals surface area (Å²) >= 11 is 1.31. The van der Waals surface area contributed by atoms with E-state index in [0.717, 1.165) is 29.9 Å². The number of nitrogens with two attached hydrogens (primary N) is 2. The van der Waals surface area contributed by atoms with Gasteiger partial charge in [0, 0.05) is 39.7 Å². The van der Waals surface area contributed by atoms with Crippen molar-refractivity contribution in [2.45, 2.75) is 33.2 Å². The van der Waals surface area contributed by atoms with Crippen LogP contribution >= 0.6 is 11.3 Å². The predicted octanol–water partition coefficient (Wildman–Crippen LogP) is 4.89. The Hall–Kier alpha value is -4.64. The van der Waals surface area contributed by atoms with E-state index in [9.17, 15) is 4.79 Å². The van der Waals surface area contributed by atoms with Crippen molar-refractivity contribution in [3.63, 3.8) is 0 Å². The minimum Gasteiger partial charge on any atom is -0.402 e. The first-order valence-corrected chi connectivity index (χ1v) is 13.4. The largest absolute Gasteiger partial charge is 0.402 e. The second-order valence-electron chi connectivity index (χ2n) is 9.44. The van der Waals surface area contributed by atoms with Crippen molar-refractivity contribution in [1.82, 2.24) is 15.0 Å². The lowest BCUT2D eigenvalue weighted by Crippen LogP contribution is -2.17. The Bertz CT molecular complexity index is 1630. The maximum Gasteiger partial charge on any atom is 0.258 e. The van der Waals surface area contributed by atoms with Crippen LogP contribution in [0.4, 0.5) is 17.2 Å². The molecule has 0 saturated heterocycles. The monoisotopic (exact) mass is 539 g/mol. The number of hydrogen-bond acceptors (Lipinski definition) is 9. The third-order valence-electron chi connectivity index (χ3n) is 6.16. The van der Waals surface area contributed by atoms with Gasteiger partial charge in [-0.25, -0.2) is 15.0 Å². The first kappa shape index (κ1) is 26.0. The molecule has 4 aromatic rings. The van der Waals surface area contributed by atoms with Gasteiger partial charge in [-0.3, -0.25) is 9.78 Å². The number of carbonyl (C=O) groups excluding carboxylic acids is 1. The Morgan fingerprint density at radius 2 is 1.95 bits per heavy atom. The topological polar surface area (TPSA) is 168 Å². The number of nitrogens with zero attached hydrogens (tertiary/aromatic N) is 4. The summed E-state index contributed by atoms with van der Waals surface area (Å²) in [6.45, 7) is 4.17. The Morgan fingerprint density at radius 3 is 2.69 bits per heavy atom. The number of amides is 1. The van der Waals surface area contributed by atoms with Gasteiger partial charge in [0.05, 0.1) is 33.7 Å². The fraction of sp³-hybridized carbons (Fsp3) is 0.214. The zero-order valence-electron chi connectivity index (χ0n) is 21.7. The minimum absolute atomic E-state index is 0.188. The molecule has 1 aliphatic rings. The normalized spacial score (nSPS) is 13.9. The maximum atomic E-state index is 13.5. The van der Waals surface area contributed by atoms with Crippen LogP contribution < -0.4 is 22.1 Å². The van der Waals surface area contributed by atoms with Crippen LogP contribution in [0.15, 0.2) is 64.9 Å². The summed E-state index contributed by atoms with van der Waals surface area (Å²) in [5.41, 5.74) is 17.4. The Morgan fingerprint density at radius 1 is 1.18 bits per heavy atom. The summed E-state index contributed by atoms with van der Waals surface area (Å²) in [6, 6.07) is 11.5. The summed E-state index contributed by atoms with van der Waals surface area (Å²) in [4.78, 5) is 31.0. The lowest BCUT2D eigenvalue weighted by molar-refractivity contribution is 0.102. The average molecular weight is 540 g/mol. The molecule has 1 aliphatic carbocycles. The van der Waals surface area contributed by atoms with Crippen molar-refractivity contribution in [2.24, 2.45) is 22.4 Å². The highest BCUT2D eigenvalue weighted by molar-refractivity contribution is 7.18. The zero-order valence-corrected chi connectivity index (χ0v) is 22.5. The lowest BCUT2D eigenvalue weighted by Gasteiger charge is -2.18. The molecule has 0 aliphatic heterocycles. The SMILES string of the molecule is C/C(N)=C/C(N)=Nc1ncnc2c(C(=O)Nc3cccc(NCc4cccc(C)n4)c3C(=N)C3CC3)csc12. The molecule has 1 fully saturated rings. The van der Waals surface area contributed by atoms with Crippen molar-refractivity contribution in [2.75, 3.05) is 10.6 Å². The van der Waals surface area contributed by atoms with E-state index in [1.54, 1.807) is 18.4 Å². The van der Waals surface area contributed by atoms with Crippen LogP contribution in [0, 0.1) is 18.3 Å². The third-order valence-corrected chi connectivity index (χ3v) is 7.13. The molecule has 1 saturated carbocycles. The van der Waals surface area contributed by atoms with E-state index >= 15 is 0 Å². The van der Waals surface area contributed by atoms with Crippen molar-refractivity contribution < 1.29 is 4.79 Å². The Kier molecular flexibility index (Phi) is 7.33. The molecule has 11 heteroatoms. The maximum absolute atomic E-state index is 13.5. The Balaban J connectivity index is 1.45. The van der Waals surface area contributed by atoms with Crippen LogP contribution in [-0.2, 0) is 6.54 Å². The number of thiophene rings is 1. The van der Waals surface area contributed by atoms with Crippen LogP contribution in [-0.4, -0.2) is 32.4 Å². The second kappa shape index (κ2) is 11.0. The van der Waals surface area contributed by atoms with Crippen LogP contribution in [0.25, 0.3) is 10.2 Å². The number of nitrogens with one attached hydrogen (secondary N) is 3. The minimum atomic E-state index is -0.331. The van der Waals surface area contributed by atoms with Gasteiger partial charge in [0.1, 0.15) is 12.2 Å². The molecule has 0 bridgehead atoms. The van der Waals surface area contributed by atoms with E-state index in [-0.39, 0.29) is 17.7 Å². The highest BCUT2D eigenvalue weighted by Crippen LogP contribution is 2.38. The molecule has 0 atom stereocenters. The van der Waals surface area contributed by atoms with Crippen molar-refractivity contribution in [3.05, 3.63) is 82.4 Å². The zero-order chi connectivity index (χ0) is 27.5. The first-order valence-electron chi connectivity index (χ1n) is 12.5. The number of allylic oxidation sites excluding steroid dienone is 1. The van der Waals surface area contributed by atoms with Gasteiger partial charge in [0.15, 0.2) is 5.82 Å². The molecule has 10 nitrogen and oxygen atoms in total. The number of carbonyl (C=O) groups is 1. The van der Waals surface area contributed by atoms with Gasteiger partial charge < -0.3 is 27.5 Å². The molecule has 3 heterocycles. The predicted molar refractivity (Wildman–Crippen MR) is 157 cm³/mol. The van der Waals surface area contributed by atoms with E-state index in [2.05, 4.69) is 30.6 Å². The second-order valence-corrected chi connectivity index (χ2v) is 10.3. The van der Waals surface area contributed by atoms with E-state index in [1.165, 1.54) is 17.7 Å². The number of rotatable bonds is 9. The molecule has 198 valence electrons. The molecule has 39 heavy (non-hydrogen) atoms. The van der Waals surface area contributed by atoms with E-state index in [1.807, 2.05) is 43.3 Å². The molecule has 1 aromatic carbocycles. The number of pyridine rings is 1. The number of amidine groups is 1. The summed E-state index contributed by atoms with van der Waals surface area (Å²) in [6.07, 6.45) is 4.84. The molecule has 1 amide bonds. The van der Waals surface area contributed by atoms with E-state index < -0.39 is 0 Å². The van der Waals surface area contributed by atoms with Crippen molar-refractivity contribution >= 4 is 56.2 Å². The number of hydrogen-bond donors (Lipinski definition) is 5. The molecule has 5 rings (SSSR count). The number of benzene rings is 1. The third kappa shape index (κ3) is 5.93. The number of anilines is 2. The van der Waals surface area contributed by atoms with Gasteiger partial charge in [-0.2, -0.15) is 0 Å². The van der Waals surface area contributed by atoms with E-state index in [4.69, 9.17) is 16.9 Å². The van der Waals surface area contributed by atoms with E-state index in [0.29, 0.717) is 50.8 Å². The summed E-state index contributed by atoms with van der Waals surface area (Å²) in [5.74, 6) is 0.435. The highest BCUT2D eigenvalue weighted by atomic mass is 32.1. The highest BCUT2D eigenvalue weighted by Gasteiger charge is 2.31. The molecule has 0 unspecified atom stereocenters. The van der Waals surface area contributed by atoms with Crippen molar-refractivity contribution in [3.8, 4) is 0 Å². The van der Waals surface area contributed by atoms with Gasteiger partial charge in [0.2, 0.25) is 0 Å². The van der Waals surface area contributed by atoms with Crippen molar-refractivity contribution in [1.29, 1.82) is 5.41 Å².